The van der Waals surface area contributed by atoms with Crippen LogP contribution in [0, 0.1) is 5.41 Å². The highest BCUT2D eigenvalue weighted by atomic mass is 35.5. The number of hydrogen-bond donors (Lipinski definition) is 1. The average Bonchev–Trinajstić information content (AvgIpc) is 2.95. The van der Waals surface area contributed by atoms with E-state index in [1.165, 1.54) is 4.88 Å². The Hall–Kier alpha value is -0.0400. The van der Waals surface area contributed by atoms with Crippen molar-refractivity contribution >= 4 is 53.7 Å². The molecule has 0 saturated carbocycles. The Labute approximate surface area is 166 Å². The second-order valence-electron chi connectivity index (χ2n) is 5.97. The van der Waals surface area contributed by atoms with Gasteiger partial charge in [0.25, 0.3) is 0 Å². The van der Waals surface area contributed by atoms with Gasteiger partial charge in [-0.2, -0.15) is 0 Å². The Morgan fingerprint density at radius 1 is 1.21 bits per heavy atom. The lowest BCUT2D eigenvalue weighted by atomic mass is 9.81. The highest BCUT2D eigenvalue weighted by Gasteiger charge is 2.37. The number of amides is 1. The molecule has 1 amide bonds. The third-order valence-corrected chi connectivity index (χ3v) is 6.08. The Morgan fingerprint density at radius 2 is 1.79 bits per heavy atom. The summed E-state index contributed by atoms with van der Waals surface area (Å²) in [6, 6.07) is 4.03. The molecule has 0 spiro atoms. The fourth-order valence-corrected chi connectivity index (χ4v) is 4.16. The molecule has 1 aromatic rings. The van der Waals surface area contributed by atoms with Gasteiger partial charge in [-0.25, -0.2) is 0 Å². The van der Waals surface area contributed by atoms with Crippen molar-refractivity contribution in [1.82, 2.24) is 9.80 Å². The molecular formula is C16H28Cl3N3OS. The summed E-state index contributed by atoms with van der Waals surface area (Å²) >= 11 is 7.61. The maximum absolute atomic E-state index is 12.8. The molecule has 0 unspecified atom stereocenters. The molecule has 8 heteroatoms. The van der Waals surface area contributed by atoms with Crippen LogP contribution in [0.3, 0.4) is 0 Å². The number of nitrogens with zero attached hydrogens (tertiary/aromatic N) is 2. The van der Waals surface area contributed by atoms with Gasteiger partial charge in [-0.15, -0.1) is 36.2 Å². The first kappa shape index (κ1) is 24.0. The number of nitrogens with two attached hydrogens (primary N) is 1. The molecule has 0 radical (unpaired) electrons. The highest BCUT2D eigenvalue weighted by molar-refractivity contribution is 7.16. The maximum Gasteiger partial charge on any atom is 0.230 e. The second kappa shape index (κ2) is 10.8. The van der Waals surface area contributed by atoms with E-state index in [0.717, 1.165) is 49.9 Å². The summed E-state index contributed by atoms with van der Waals surface area (Å²) in [5.41, 5.74) is 5.53. The Bertz CT molecular complexity index is 492. The van der Waals surface area contributed by atoms with Gasteiger partial charge in [-0.05, 0) is 25.0 Å². The minimum absolute atomic E-state index is 0. The molecule has 1 aliphatic rings. The van der Waals surface area contributed by atoms with Crippen molar-refractivity contribution in [2.75, 3.05) is 32.7 Å². The summed E-state index contributed by atoms with van der Waals surface area (Å²) in [6.07, 6.45) is 1.62. The molecule has 4 nitrogen and oxygen atoms in total. The van der Waals surface area contributed by atoms with E-state index in [-0.39, 0.29) is 36.1 Å². The summed E-state index contributed by atoms with van der Waals surface area (Å²) in [7, 11) is 0. The normalized spacial score (nSPS) is 15.6. The topological polar surface area (TPSA) is 49.6 Å². The van der Waals surface area contributed by atoms with Crippen LogP contribution in [0.1, 0.15) is 31.6 Å². The van der Waals surface area contributed by atoms with Crippen molar-refractivity contribution in [2.45, 2.75) is 33.2 Å². The van der Waals surface area contributed by atoms with Crippen LogP contribution in [0.25, 0.3) is 0 Å². The fraction of sp³-hybridized carbons (Fsp3) is 0.688. The third-order valence-electron chi connectivity index (χ3n) is 4.87. The molecule has 1 saturated heterocycles. The zero-order chi connectivity index (χ0) is 16.2. The van der Waals surface area contributed by atoms with E-state index in [4.69, 9.17) is 17.3 Å². The first-order chi connectivity index (χ1) is 10.5. The molecule has 0 aromatic carbocycles. The molecule has 24 heavy (non-hydrogen) atoms. The third kappa shape index (κ3) is 5.48. The van der Waals surface area contributed by atoms with E-state index in [1.54, 1.807) is 11.3 Å². The zero-order valence-electron chi connectivity index (χ0n) is 14.3. The van der Waals surface area contributed by atoms with Crippen molar-refractivity contribution < 1.29 is 4.79 Å². The van der Waals surface area contributed by atoms with Gasteiger partial charge in [-0.3, -0.25) is 9.69 Å². The largest absolute Gasteiger partial charge is 0.340 e. The van der Waals surface area contributed by atoms with Crippen molar-refractivity contribution in [3.05, 3.63) is 21.3 Å². The molecular weight excluding hydrogens is 389 g/mol. The fourth-order valence-electron chi connectivity index (χ4n) is 3.03. The summed E-state index contributed by atoms with van der Waals surface area (Å²) in [5, 5.41) is 0. The van der Waals surface area contributed by atoms with Crippen LogP contribution in [-0.2, 0) is 11.3 Å². The molecule has 1 aromatic heterocycles. The van der Waals surface area contributed by atoms with E-state index in [0.29, 0.717) is 6.54 Å². The first-order valence-corrected chi connectivity index (χ1v) is 9.20. The number of thiophene rings is 1. The minimum atomic E-state index is -0.372. The summed E-state index contributed by atoms with van der Waals surface area (Å²) in [5.74, 6) is 0.235. The number of piperazine rings is 1. The number of hydrogen-bond acceptors (Lipinski definition) is 4. The van der Waals surface area contributed by atoms with Gasteiger partial charge in [0.15, 0.2) is 0 Å². The van der Waals surface area contributed by atoms with Crippen LogP contribution in [0.4, 0.5) is 0 Å². The van der Waals surface area contributed by atoms with Crippen molar-refractivity contribution in [2.24, 2.45) is 11.1 Å². The molecule has 0 atom stereocenters. The highest BCUT2D eigenvalue weighted by Crippen LogP contribution is 2.29. The van der Waals surface area contributed by atoms with Gasteiger partial charge >= 0.3 is 0 Å². The second-order valence-corrected chi connectivity index (χ2v) is 7.77. The SMILES string of the molecule is CCC(CC)(CN)C(=O)N1CCN(Cc2ccc(Cl)s2)CC1.Cl.Cl. The summed E-state index contributed by atoms with van der Waals surface area (Å²) in [6.45, 7) is 8.88. The van der Waals surface area contributed by atoms with Crippen LogP contribution in [0.15, 0.2) is 12.1 Å². The molecule has 1 fully saturated rings. The minimum Gasteiger partial charge on any atom is -0.340 e. The van der Waals surface area contributed by atoms with Gasteiger partial charge in [0.05, 0.1) is 9.75 Å². The first-order valence-electron chi connectivity index (χ1n) is 8.00. The van der Waals surface area contributed by atoms with Gasteiger partial charge in [0, 0.05) is 44.1 Å². The van der Waals surface area contributed by atoms with Gasteiger partial charge in [0.1, 0.15) is 0 Å². The van der Waals surface area contributed by atoms with Crippen LogP contribution in [-0.4, -0.2) is 48.4 Å². The van der Waals surface area contributed by atoms with E-state index in [2.05, 4.69) is 24.8 Å². The number of carbonyl (C=O) groups is 1. The predicted molar refractivity (Wildman–Crippen MR) is 108 cm³/mol. The van der Waals surface area contributed by atoms with Crippen LogP contribution in [0.2, 0.25) is 4.34 Å². The van der Waals surface area contributed by atoms with E-state index in [9.17, 15) is 4.79 Å². The molecule has 2 N–H and O–H groups in total. The van der Waals surface area contributed by atoms with Crippen molar-refractivity contribution in [3.63, 3.8) is 0 Å². The van der Waals surface area contributed by atoms with Gasteiger partial charge in [0.2, 0.25) is 5.91 Å². The van der Waals surface area contributed by atoms with Crippen LogP contribution < -0.4 is 5.73 Å². The molecule has 140 valence electrons. The van der Waals surface area contributed by atoms with Crippen LogP contribution >= 0.6 is 47.8 Å². The molecule has 0 bridgehead atoms. The monoisotopic (exact) mass is 415 g/mol. The molecule has 2 rings (SSSR count). The van der Waals surface area contributed by atoms with E-state index in [1.807, 2.05) is 11.0 Å². The number of carbonyl (C=O) groups excluding carboxylic acids is 1. The van der Waals surface area contributed by atoms with Crippen LogP contribution in [0.5, 0.6) is 0 Å². The smallest absolute Gasteiger partial charge is 0.230 e. The lowest BCUT2D eigenvalue weighted by Gasteiger charge is -2.40. The van der Waals surface area contributed by atoms with Crippen molar-refractivity contribution in [3.8, 4) is 0 Å². The lowest BCUT2D eigenvalue weighted by Crippen LogP contribution is -2.54. The summed E-state index contributed by atoms with van der Waals surface area (Å²) in [4.78, 5) is 18.5. The summed E-state index contributed by atoms with van der Waals surface area (Å²) < 4.78 is 0.836. The van der Waals surface area contributed by atoms with Gasteiger partial charge < -0.3 is 10.6 Å². The Kier molecular flexibility index (Phi) is 10.8. The molecule has 2 heterocycles. The Balaban J connectivity index is 0.00000264. The zero-order valence-corrected chi connectivity index (χ0v) is 17.5. The van der Waals surface area contributed by atoms with Gasteiger partial charge in [-0.1, -0.05) is 25.4 Å². The van der Waals surface area contributed by atoms with E-state index < -0.39 is 0 Å². The van der Waals surface area contributed by atoms with E-state index >= 15 is 0 Å². The molecule has 1 aliphatic heterocycles. The number of rotatable bonds is 6. The quantitative estimate of drug-likeness (QED) is 0.770. The lowest BCUT2D eigenvalue weighted by molar-refractivity contribution is -0.144. The standard InChI is InChI=1S/C16H26ClN3OS.2ClH/c1-3-16(4-2,12-18)15(21)20-9-7-19(8-10-20)11-13-5-6-14(17)22-13;;/h5-6H,3-4,7-12,18H2,1-2H3;2*1H. The number of halogens is 3. The predicted octanol–water partition coefficient (Wildman–Crippen LogP) is 3.65. The maximum atomic E-state index is 12.8. The Morgan fingerprint density at radius 3 is 2.21 bits per heavy atom. The molecule has 0 aliphatic carbocycles. The van der Waals surface area contributed by atoms with Crippen molar-refractivity contribution in [1.29, 1.82) is 0 Å². The average molecular weight is 417 g/mol.